The minimum absolute atomic E-state index is 0.976. The molecule has 0 aromatic heterocycles. The molecular formula is C15H26. The van der Waals surface area contributed by atoms with Crippen molar-refractivity contribution in [1.29, 1.82) is 0 Å². The highest BCUT2D eigenvalue weighted by Crippen LogP contribution is 2.42. The fourth-order valence-corrected chi connectivity index (χ4v) is 3.73. The average Bonchev–Trinajstić information content (AvgIpc) is 2.17. The van der Waals surface area contributed by atoms with Crippen LogP contribution in [-0.4, -0.2) is 0 Å². The maximum atomic E-state index is 2.33. The number of hydrogen-bond donors (Lipinski definition) is 0. The Labute approximate surface area is 95.1 Å². The zero-order valence-electron chi connectivity index (χ0n) is 10.5. The van der Waals surface area contributed by atoms with E-state index in [1.54, 1.807) is 5.57 Å². The standard InChI is InChI=1S/C15H26/c1-12(2)14-11-7-9-13-8-5-3-4-6-10-15(13)14/h13,15H,3-11H2,1-2H3. The molecule has 0 aromatic carbocycles. The molecule has 15 heavy (non-hydrogen) atoms. The summed E-state index contributed by atoms with van der Waals surface area (Å²) >= 11 is 0. The predicted octanol–water partition coefficient (Wildman–Crippen LogP) is 5.09. The molecule has 2 fully saturated rings. The van der Waals surface area contributed by atoms with Crippen LogP contribution in [0, 0.1) is 11.8 Å². The Bertz CT molecular complexity index is 232. The fourth-order valence-electron chi connectivity index (χ4n) is 3.73. The Morgan fingerprint density at radius 3 is 2.27 bits per heavy atom. The summed E-state index contributed by atoms with van der Waals surface area (Å²) in [7, 11) is 0. The molecule has 0 aromatic rings. The van der Waals surface area contributed by atoms with E-state index in [-0.39, 0.29) is 0 Å². The molecule has 0 bridgehead atoms. The molecule has 2 aliphatic carbocycles. The number of hydrogen-bond acceptors (Lipinski definition) is 0. The molecule has 0 amide bonds. The summed E-state index contributed by atoms with van der Waals surface area (Å²) in [5.41, 5.74) is 3.47. The zero-order valence-corrected chi connectivity index (χ0v) is 10.5. The van der Waals surface area contributed by atoms with Gasteiger partial charge in [0.15, 0.2) is 0 Å². The van der Waals surface area contributed by atoms with Gasteiger partial charge in [-0.3, -0.25) is 0 Å². The molecule has 0 radical (unpaired) electrons. The third-order valence-electron chi connectivity index (χ3n) is 4.52. The first-order chi connectivity index (χ1) is 7.29. The average molecular weight is 206 g/mol. The lowest BCUT2D eigenvalue weighted by atomic mass is 9.69. The van der Waals surface area contributed by atoms with Crippen molar-refractivity contribution in [2.24, 2.45) is 11.8 Å². The summed E-state index contributed by atoms with van der Waals surface area (Å²) in [5, 5.41) is 0. The van der Waals surface area contributed by atoms with Crippen molar-refractivity contribution in [3.8, 4) is 0 Å². The van der Waals surface area contributed by atoms with E-state index in [9.17, 15) is 0 Å². The molecule has 0 N–H and O–H groups in total. The molecule has 86 valence electrons. The van der Waals surface area contributed by atoms with Crippen LogP contribution in [0.5, 0.6) is 0 Å². The minimum atomic E-state index is 0.976. The first-order valence-corrected chi connectivity index (χ1v) is 6.95. The Morgan fingerprint density at radius 2 is 1.53 bits per heavy atom. The molecule has 0 saturated heterocycles. The first-order valence-electron chi connectivity index (χ1n) is 6.95. The van der Waals surface area contributed by atoms with Crippen molar-refractivity contribution in [1.82, 2.24) is 0 Å². The van der Waals surface area contributed by atoms with Crippen LogP contribution in [0.15, 0.2) is 11.1 Å². The lowest BCUT2D eigenvalue weighted by Gasteiger charge is -2.36. The van der Waals surface area contributed by atoms with E-state index in [1.807, 2.05) is 5.57 Å². The Hall–Kier alpha value is -0.260. The van der Waals surface area contributed by atoms with Crippen LogP contribution in [0.4, 0.5) is 0 Å². The molecule has 0 heterocycles. The van der Waals surface area contributed by atoms with Crippen molar-refractivity contribution >= 4 is 0 Å². The largest absolute Gasteiger partial charge is 0.0769 e. The van der Waals surface area contributed by atoms with Crippen molar-refractivity contribution in [2.45, 2.75) is 71.6 Å². The minimum Gasteiger partial charge on any atom is -0.0769 e. The van der Waals surface area contributed by atoms with Crippen LogP contribution < -0.4 is 0 Å². The van der Waals surface area contributed by atoms with E-state index in [4.69, 9.17) is 0 Å². The lowest BCUT2D eigenvalue weighted by Crippen LogP contribution is -2.23. The van der Waals surface area contributed by atoms with Gasteiger partial charge < -0.3 is 0 Å². The summed E-state index contributed by atoms with van der Waals surface area (Å²) in [6.07, 6.45) is 13.3. The maximum absolute atomic E-state index is 2.33. The van der Waals surface area contributed by atoms with Crippen molar-refractivity contribution in [3.63, 3.8) is 0 Å². The zero-order chi connectivity index (χ0) is 10.7. The topological polar surface area (TPSA) is 0 Å². The summed E-state index contributed by atoms with van der Waals surface area (Å²) in [5.74, 6) is 2.02. The van der Waals surface area contributed by atoms with E-state index in [0.29, 0.717) is 0 Å². The van der Waals surface area contributed by atoms with Crippen LogP contribution in [0.3, 0.4) is 0 Å². The summed E-state index contributed by atoms with van der Waals surface area (Å²) in [6, 6.07) is 0. The summed E-state index contributed by atoms with van der Waals surface area (Å²) in [6.45, 7) is 4.66. The third kappa shape index (κ3) is 2.65. The highest BCUT2D eigenvalue weighted by Gasteiger charge is 2.29. The predicted molar refractivity (Wildman–Crippen MR) is 66.9 cm³/mol. The van der Waals surface area contributed by atoms with Gasteiger partial charge in [-0.25, -0.2) is 0 Å². The number of allylic oxidation sites excluding steroid dienone is 2. The van der Waals surface area contributed by atoms with Crippen molar-refractivity contribution in [3.05, 3.63) is 11.1 Å². The molecule has 2 saturated carbocycles. The second kappa shape index (κ2) is 5.18. The van der Waals surface area contributed by atoms with E-state index in [0.717, 1.165) is 11.8 Å². The van der Waals surface area contributed by atoms with Crippen LogP contribution in [-0.2, 0) is 0 Å². The second-order valence-corrected chi connectivity index (χ2v) is 5.78. The van der Waals surface area contributed by atoms with Crippen LogP contribution in [0.2, 0.25) is 0 Å². The molecular weight excluding hydrogens is 180 g/mol. The van der Waals surface area contributed by atoms with Gasteiger partial charge in [0, 0.05) is 0 Å². The summed E-state index contributed by atoms with van der Waals surface area (Å²) in [4.78, 5) is 0. The second-order valence-electron chi connectivity index (χ2n) is 5.78. The lowest BCUT2D eigenvalue weighted by molar-refractivity contribution is 0.243. The van der Waals surface area contributed by atoms with E-state index in [2.05, 4.69) is 13.8 Å². The monoisotopic (exact) mass is 206 g/mol. The van der Waals surface area contributed by atoms with E-state index in [1.165, 1.54) is 57.8 Å². The van der Waals surface area contributed by atoms with Crippen LogP contribution in [0.25, 0.3) is 0 Å². The molecule has 2 atom stereocenters. The van der Waals surface area contributed by atoms with Gasteiger partial charge in [-0.15, -0.1) is 0 Å². The SMILES string of the molecule is CC(C)=C1CCCC2CCCCCCC12. The molecule has 2 unspecified atom stereocenters. The van der Waals surface area contributed by atoms with Gasteiger partial charge in [0.05, 0.1) is 0 Å². The van der Waals surface area contributed by atoms with Gasteiger partial charge in [-0.05, 0) is 57.8 Å². The van der Waals surface area contributed by atoms with Gasteiger partial charge >= 0.3 is 0 Å². The Morgan fingerprint density at radius 1 is 0.867 bits per heavy atom. The molecule has 0 nitrogen and oxygen atoms in total. The first kappa shape index (κ1) is 11.2. The molecule has 0 aliphatic heterocycles. The molecule has 2 rings (SSSR count). The van der Waals surface area contributed by atoms with Gasteiger partial charge in [-0.1, -0.05) is 36.8 Å². The molecule has 2 aliphatic rings. The van der Waals surface area contributed by atoms with E-state index < -0.39 is 0 Å². The highest BCUT2D eigenvalue weighted by atomic mass is 14.3. The Kier molecular flexibility index (Phi) is 3.88. The van der Waals surface area contributed by atoms with Crippen molar-refractivity contribution < 1.29 is 0 Å². The van der Waals surface area contributed by atoms with Gasteiger partial charge in [-0.2, -0.15) is 0 Å². The molecule has 0 heteroatoms. The fraction of sp³-hybridized carbons (Fsp3) is 0.867. The van der Waals surface area contributed by atoms with Gasteiger partial charge in [0.2, 0.25) is 0 Å². The van der Waals surface area contributed by atoms with Crippen LogP contribution >= 0.6 is 0 Å². The van der Waals surface area contributed by atoms with Gasteiger partial charge in [0.1, 0.15) is 0 Å². The van der Waals surface area contributed by atoms with Crippen LogP contribution in [0.1, 0.15) is 71.6 Å². The number of fused-ring (bicyclic) bond motifs is 1. The normalized spacial score (nSPS) is 32.8. The highest BCUT2D eigenvalue weighted by molar-refractivity contribution is 5.17. The van der Waals surface area contributed by atoms with Crippen molar-refractivity contribution in [2.75, 3.05) is 0 Å². The Balaban J connectivity index is 2.12. The smallest absolute Gasteiger partial charge is 0.0172 e. The van der Waals surface area contributed by atoms with E-state index >= 15 is 0 Å². The number of rotatable bonds is 0. The quantitative estimate of drug-likeness (QED) is 0.484. The van der Waals surface area contributed by atoms with Gasteiger partial charge in [0.25, 0.3) is 0 Å². The maximum Gasteiger partial charge on any atom is -0.0172 e. The molecule has 0 spiro atoms. The summed E-state index contributed by atoms with van der Waals surface area (Å²) < 4.78 is 0. The third-order valence-corrected chi connectivity index (χ3v) is 4.52.